The molecule has 0 bridgehead atoms. The largest absolute Gasteiger partial charge is 0.354 e. The molecule has 2 rings (SSSR count). The highest BCUT2D eigenvalue weighted by molar-refractivity contribution is 5.86. The SMILES string of the molecule is CC(C)CNC(=O)CN(C)c1nc2ccccn2c1C=O. The molecular weight excluding hydrogens is 268 g/mol. The van der Waals surface area contributed by atoms with Crippen molar-refractivity contribution in [3.63, 3.8) is 0 Å². The first kappa shape index (κ1) is 15.0. The number of hydrogen-bond donors (Lipinski definition) is 1. The Balaban J connectivity index is 2.17. The summed E-state index contributed by atoms with van der Waals surface area (Å²) >= 11 is 0. The van der Waals surface area contributed by atoms with Crippen LogP contribution < -0.4 is 10.2 Å². The van der Waals surface area contributed by atoms with Crippen LogP contribution in [0.4, 0.5) is 5.82 Å². The van der Waals surface area contributed by atoms with Crippen LogP contribution >= 0.6 is 0 Å². The number of hydrogen-bond acceptors (Lipinski definition) is 4. The van der Waals surface area contributed by atoms with E-state index in [0.717, 1.165) is 6.29 Å². The van der Waals surface area contributed by atoms with Crippen molar-refractivity contribution in [2.75, 3.05) is 25.0 Å². The van der Waals surface area contributed by atoms with Gasteiger partial charge in [-0.3, -0.25) is 14.0 Å². The fourth-order valence-corrected chi connectivity index (χ4v) is 2.06. The van der Waals surface area contributed by atoms with Crippen molar-refractivity contribution in [2.45, 2.75) is 13.8 Å². The minimum atomic E-state index is -0.0832. The van der Waals surface area contributed by atoms with Crippen molar-refractivity contribution >= 4 is 23.7 Å². The highest BCUT2D eigenvalue weighted by Crippen LogP contribution is 2.18. The Morgan fingerprint density at radius 1 is 1.48 bits per heavy atom. The number of amides is 1. The van der Waals surface area contributed by atoms with Crippen LogP contribution in [0, 0.1) is 5.92 Å². The Hall–Kier alpha value is -2.37. The normalized spacial score (nSPS) is 10.9. The van der Waals surface area contributed by atoms with Gasteiger partial charge in [0.25, 0.3) is 0 Å². The van der Waals surface area contributed by atoms with E-state index >= 15 is 0 Å². The molecule has 1 N–H and O–H groups in total. The standard InChI is InChI=1S/C15H20N4O2/c1-11(2)8-16-14(21)9-18(3)15-12(10-20)19-7-5-4-6-13(19)17-15/h4-7,10-11H,8-9H2,1-3H3,(H,16,21). The van der Waals surface area contributed by atoms with Crippen LogP contribution in [-0.2, 0) is 4.79 Å². The van der Waals surface area contributed by atoms with Crippen molar-refractivity contribution in [1.82, 2.24) is 14.7 Å². The summed E-state index contributed by atoms with van der Waals surface area (Å²) < 4.78 is 1.71. The summed E-state index contributed by atoms with van der Waals surface area (Å²) in [6.45, 7) is 4.88. The zero-order valence-electron chi connectivity index (χ0n) is 12.5. The summed E-state index contributed by atoms with van der Waals surface area (Å²) in [7, 11) is 1.75. The number of carbonyl (C=O) groups is 2. The van der Waals surface area contributed by atoms with E-state index in [-0.39, 0.29) is 12.5 Å². The van der Waals surface area contributed by atoms with Crippen molar-refractivity contribution in [3.8, 4) is 0 Å². The second-order valence-electron chi connectivity index (χ2n) is 5.42. The number of nitrogens with zero attached hydrogens (tertiary/aromatic N) is 3. The maximum absolute atomic E-state index is 11.9. The number of rotatable bonds is 6. The van der Waals surface area contributed by atoms with Gasteiger partial charge < -0.3 is 10.2 Å². The van der Waals surface area contributed by atoms with Gasteiger partial charge in [-0.1, -0.05) is 19.9 Å². The highest BCUT2D eigenvalue weighted by atomic mass is 16.2. The van der Waals surface area contributed by atoms with E-state index < -0.39 is 0 Å². The molecule has 0 unspecified atom stereocenters. The Labute approximate surface area is 123 Å². The lowest BCUT2D eigenvalue weighted by Gasteiger charge is -2.17. The molecule has 21 heavy (non-hydrogen) atoms. The average molecular weight is 288 g/mol. The van der Waals surface area contributed by atoms with Crippen molar-refractivity contribution in [3.05, 3.63) is 30.1 Å². The van der Waals surface area contributed by atoms with E-state index in [1.54, 1.807) is 22.5 Å². The quantitative estimate of drug-likeness (QED) is 0.815. The number of imidazole rings is 1. The van der Waals surface area contributed by atoms with Crippen LogP contribution in [0.25, 0.3) is 5.65 Å². The molecule has 0 spiro atoms. The Bertz CT molecular complexity index is 648. The van der Waals surface area contributed by atoms with E-state index in [0.29, 0.717) is 29.6 Å². The summed E-state index contributed by atoms with van der Waals surface area (Å²) in [6.07, 6.45) is 2.54. The average Bonchev–Trinajstić information content (AvgIpc) is 2.83. The molecule has 6 heteroatoms. The Morgan fingerprint density at radius 3 is 2.90 bits per heavy atom. The van der Waals surface area contributed by atoms with Gasteiger partial charge in [0.15, 0.2) is 12.1 Å². The number of carbonyl (C=O) groups excluding carboxylic acids is 2. The van der Waals surface area contributed by atoms with Gasteiger partial charge in [0.2, 0.25) is 5.91 Å². The fourth-order valence-electron chi connectivity index (χ4n) is 2.06. The summed E-state index contributed by atoms with van der Waals surface area (Å²) in [4.78, 5) is 29.3. The molecule has 0 radical (unpaired) electrons. The summed E-state index contributed by atoms with van der Waals surface area (Å²) in [5.74, 6) is 0.830. The van der Waals surface area contributed by atoms with Gasteiger partial charge >= 0.3 is 0 Å². The summed E-state index contributed by atoms with van der Waals surface area (Å²) in [5.41, 5.74) is 1.13. The van der Waals surface area contributed by atoms with Gasteiger partial charge in [0.05, 0.1) is 6.54 Å². The molecule has 0 aromatic carbocycles. The third kappa shape index (κ3) is 3.39. The lowest BCUT2D eigenvalue weighted by atomic mass is 10.2. The number of anilines is 1. The monoisotopic (exact) mass is 288 g/mol. The maximum atomic E-state index is 11.9. The smallest absolute Gasteiger partial charge is 0.239 e. The molecule has 112 valence electrons. The number of likely N-dealkylation sites (N-methyl/N-ethyl adjacent to an activating group) is 1. The molecule has 2 heterocycles. The van der Waals surface area contributed by atoms with Crippen LogP contribution in [0.15, 0.2) is 24.4 Å². The first-order valence-electron chi connectivity index (χ1n) is 6.93. The van der Waals surface area contributed by atoms with E-state index in [2.05, 4.69) is 10.3 Å². The molecular formula is C15H20N4O2. The number of nitrogens with one attached hydrogen (secondary N) is 1. The van der Waals surface area contributed by atoms with Gasteiger partial charge in [-0.25, -0.2) is 4.98 Å². The van der Waals surface area contributed by atoms with E-state index in [1.165, 1.54) is 0 Å². The second-order valence-corrected chi connectivity index (χ2v) is 5.42. The Kier molecular flexibility index (Phi) is 4.57. The molecule has 0 fully saturated rings. The highest BCUT2D eigenvalue weighted by Gasteiger charge is 2.17. The molecule has 6 nitrogen and oxygen atoms in total. The van der Waals surface area contributed by atoms with Gasteiger partial charge in [-0.2, -0.15) is 0 Å². The van der Waals surface area contributed by atoms with E-state index in [9.17, 15) is 9.59 Å². The van der Waals surface area contributed by atoms with Gasteiger partial charge in [-0.05, 0) is 18.1 Å². The molecule has 2 aromatic rings. The number of pyridine rings is 1. The Morgan fingerprint density at radius 2 is 2.24 bits per heavy atom. The molecule has 0 aliphatic carbocycles. The van der Waals surface area contributed by atoms with Crippen LogP contribution in [-0.4, -0.2) is 41.7 Å². The third-order valence-corrected chi connectivity index (χ3v) is 3.11. The van der Waals surface area contributed by atoms with Gasteiger partial charge in [-0.15, -0.1) is 0 Å². The number of fused-ring (bicyclic) bond motifs is 1. The summed E-state index contributed by atoms with van der Waals surface area (Å²) in [6, 6.07) is 5.51. The number of aromatic nitrogens is 2. The van der Waals surface area contributed by atoms with Gasteiger partial charge in [0, 0.05) is 19.8 Å². The third-order valence-electron chi connectivity index (χ3n) is 3.11. The summed E-state index contributed by atoms with van der Waals surface area (Å²) in [5, 5.41) is 2.85. The van der Waals surface area contributed by atoms with E-state index in [1.807, 2.05) is 32.0 Å². The van der Waals surface area contributed by atoms with Crippen molar-refractivity contribution in [1.29, 1.82) is 0 Å². The molecule has 0 saturated carbocycles. The van der Waals surface area contributed by atoms with Crippen molar-refractivity contribution < 1.29 is 9.59 Å². The van der Waals surface area contributed by atoms with Crippen LogP contribution in [0.1, 0.15) is 24.3 Å². The minimum Gasteiger partial charge on any atom is -0.354 e. The maximum Gasteiger partial charge on any atom is 0.239 e. The van der Waals surface area contributed by atoms with Gasteiger partial charge in [0.1, 0.15) is 11.3 Å². The van der Waals surface area contributed by atoms with E-state index in [4.69, 9.17) is 0 Å². The van der Waals surface area contributed by atoms with Crippen LogP contribution in [0.2, 0.25) is 0 Å². The molecule has 2 aromatic heterocycles. The molecule has 1 amide bonds. The minimum absolute atomic E-state index is 0.0832. The molecule has 0 saturated heterocycles. The fraction of sp³-hybridized carbons (Fsp3) is 0.400. The van der Waals surface area contributed by atoms with Crippen LogP contribution in [0.3, 0.4) is 0 Å². The number of aldehydes is 1. The lowest BCUT2D eigenvalue weighted by molar-refractivity contribution is -0.119. The first-order valence-corrected chi connectivity index (χ1v) is 6.93. The molecule has 0 aliphatic rings. The lowest BCUT2D eigenvalue weighted by Crippen LogP contribution is -2.37. The van der Waals surface area contributed by atoms with Crippen molar-refractivity contribution in [2.24, 2.45) is 5.92 Å². The molecule has 0 atom stereocenters. The predicted octanol–water partition coefficient (Wildman–Crippen LogP) is 1.36. The zero-order valence-corrected chi connectivity index (χ0v) is 12.5. The van der Waals surface area contributed by atoms with Crippen LogP contribution in [0.5, 0.6) is 0 Å². The molecule has 0 aliphatic heterocycles. The topological polar surface area (TPSA) is 66.7 Å². The first-order chi connectivity index (χ1) is 10.0. The second kappa shape index (κ2) is 6.39. The zero-order chi connectivity index (χ0) is 15.4. The predicted molar refractivity (Wildman–Crippen MR) is 81.7 cm³/mol.